The van der Waals surface area contributed by atoms with E-state index < -0.39 is 12.2 Å². The van der Waals surface area contributed by atoms with Crippen molar-refractivity contribution in [2.45, 2.75) is 76.0 Å². The lowest BCUT2D eigenvalue weighted by Gasteiger charge is -2.40. The van der Waals surface area contributed by atoms with Gasteiger partial charge in [-0.2, -0.15) is 0 Å². The lowest BCUT2D eigenvalue weighted by atomic mass is 9.88. The van der Waals surface area contributed by atoms with E-state index in [4.69, 9.17) is 11.6 Å². The van der Waals surface area contributed by atoms with Crippen LogP contribution in [0.3, 0.4) is 0 Å². The third kappa shape index (κ3) is 4.37. The first-order valence-corrected chi connectivity index (χ1v) is 7.90. The quantitative estimate of drug-likeness (QED) is 0.608. The van der Waals surface area contributed by atoms with Crippen molar-refractivity contribution in [1.82, 2.24) is 0 Å². The highest BCUT2D eigenvalue weighted by atomic mass is 35.5. The maximum absolute atomic E-state index is 10.3. The van der Waals surface area contributed by atoms with Gasteiger partial charge in [0.25, 0.3) is 0 Å². The van der Waals surface area contributed by atoms with Gasteiger partial charge in [-0.3, -0.25) is 0 Å². The van der Waals surface area contributed by atoms with Gasteiger partial charge >= 0.3 is 0 Å². The topological polar surface area (TPSA) is 44.9 Å². The smallest absolute Gasteiger partial charge is 0.141 e. The second-order valence-electron chi connectivity index (χ2n) is 5.54. The molecule has 108 valence electrons. The fourth-order valence-corrected chi connectivity index (χ4v) is 3.20. The molecule has 3 nitrogen and oxygen atoms in total. The zero-order valence-electron chi connectivity index (χ0n) is 11.7. The second-order valence-corrected chi connectivity index (χ2v) is 6.10. The van der Waals surface area contributed by atoms with Crippen molar-refractivity contribution >= 4 is 11.6 Å². The number of rotatable bonds is 7. The van der Waals surface area contributed by atoms with Gasteiger partial charge in [-0.05, 0) is 25.7 Å². The van der Waals surface area contributed by atoms with Crippen molar-refractivity contribution < 1.29 is 15.1 Å². The minimum absolute atomic E-state index is 0.0978. The normalized spacial score (nSPS) is 33.0. The van der Waals surface area contributed by atoms with Crippen molar-refractivity contribution in [1.29, 1.82) is 0 Å². The molecule has 1 saturated carbocycles. The number of aliphatic hydroxyl groups is 2. The summed E-state index contributed by atoms with van der Waals surface area (Å²) in [4.78, 5) is 1.34. The highest BCUT2D eigenvalue weighted by molar-refractivity contribution is 6.21. The van der Waals surface area contributed by atoms with Crippen molar-refractivity contribution in [2.24, 2.45) is 0 Å². The number of quaternary nitrogens is 1. The van der Waals surface area contributed by atoms with E-state index >= 15 is 0 Å². The average Bonchev–Trinajstić information content (AvgIpc) is 2.36. The molecule has 18 heavy (non-hydrogen) atoms. The number of aliphatic hydroxyl groups excluding tert-OH is 2. The molecule has 0 unspecified atom stereocenters. The molecular formula is C14H29ClNO2+. The summed E-state index contributed by atoms with van der Waals surface area (Å²) in [6.07, 6.45) is 5.05. The lowest BCUT2D eigenvalue weighted by Crippen LogP contribution is -3.19. The summed E-state index contributed by atoms with van der Waals surface area (Å²) in [7, 11) is 0. The van der Waals surface area contributed by atoms with Crippen LogP contribution in [-0.2, 0) is 0 Å². The van der Waals surface area contributed by atoms with Crippen LogP contribution in [0.5, 0.6) is 0 Å². The fourth-order valence-electron chi connectivity index (χ4n) is 2.91. The largest absolute Gasteiger partial charge is 0.387 e. The van der Waals surface area contributed by atoms with Crippen LogP contribution in [0.25, 0.3) is 0 Å². The van der Waals surface area contributed by atoms with Crippen molar-refractivity contribution in [3.8, 4) is 0 Å². The molecule has 1 aliphatic carbocycles. The van der Waals surface area contributed by atoms with E-state index in [0.29, 0.717) is 0 Å². The van der Waals surface area contributed by atoms with E-state index in [1.54, 1.807) is 0 Å². The van der Waals surface area contributed by atoms with Crippen LogP contribution in [0, 0.1) is 0 Å². The summed E-state index contributed by atoms with van der Waals surface area (Å²) < 4.78 is 0. The summed E-state index contributed by atoms with van der Waals surface area (Å²) in [6.45, 7) is 6.41. The Hall–Kier alpha value is 0.170. The first-order valence-electron chi connectivity index (χ1n) is 7.46. The molecule has 0 spiro atoms. The van der Waals surface area contributed by atoms with Gasteiger partial charge < -0.3 is 15.1 Å². The van der Waals surface area contributed by atoms with Crippen LogP contribution >= 0.6 is 11.6 Å². The first-order chi connectivity index (χ1) is 8.61. The maximum Gasteiger partial charge on any atom is 0.141 e. The molecule has 1 aliphatic rings. The molecule has 4 atom stereocenters. The Morgan fingerprint density at radius 1 is 1.06 bits per heavy atom. The molecule has 3 N–H and O–H groups in total. The van der Waals surface area contributed by atoms with E-state index in [9.17, 15) is 10.2 Å². The van der Waals surface area contributed by atoms with Gasteiger partial charge in [0.15, 0.2) is 0 Å². The molecule has 0 aliphatic heterocycles. The van der Waals surface area contributed by atoms with E-state index in [1.807, 2.05) is 0 Å². The highest BCUT2D eigenvalue weighted by Gasteiger charge is 2.42. The molecule has 4 heteroatoms. The molecule has 0 aromatic heterocycles. The molecule has 0 aromatic rings. The Kier molecular flexibility index (Phi) is 7.54. The van der Waals surface area contributed by atoms with Crippen LogP contribution in [-0.4, -0.2) is 46.9 Å². The Labute approximate surface area is 116 Å². The van der Waals surface area contributed by atoms with Gasteiger partial charge in [0, 0.05) is 0 Å². The third-order valence-corrected chi connectivity index (χ3v) is 4.54. The Morgan fingerprint density at radius 3 is 2.11 bits per heavy atom. The molecular weight excluding hydrogens is 250 g/mol. The predicted octanol–water partition coefficient (Wildman–Crippen LogP) is 0.963. The summed E-state index contributed by atoms with van der Waals surface area (Å²) in [6, 6.07) is -0.0978. The van der Waals surface area contributed by atoms with Crippen molar-refractivity contribution in [2.75, 3.05) is 13.1 Å². The van der Waals surface area contributed by atoms with Crippen LogP contribution in [0.4, 0.5) is 0 Å². The van der Waals surface area contributed by atoms with Gasteiger partial charge in [0.1, 0.15) is 18.2 Å². The van der Waals surface area contributed by atoms with Crippen LogP contribution in [0.2, 0.25) is 0 Å². The molecule has 0 amide bonds. The molecule has 0 saturated heterocycles. The summed E-state index contributed by atoms with van der Waals surface area (Å²) in [5.41, 5.74) is 0. The Morgan fingerprint density at radius 2 is 1.61 bits per heavy atom. The number of hydrogen-bond donors (Lipinski definition) is 3. The number of nitrogens with one attached hydrogen (secondary N) is 1. The van der Waals surface area contributed by atoms with Crippen LogP contribution in [0.15, 0.2) is 0 Å². The summed E-state index contributed by atoms with van der Waals surface area (Å²) in [5.74, 6) is 0. The maximum atomic E-state index is 10.3. The minimum atomic E-state index is -0.570. The van der Waals surface area contributed by atoms with E-state index in [1.165, 1.54) is 4.90 Å². The fraction of sp³-hybridized carbons (Fsp3) is 1.00. The standard InChI is InChI=1S/C14H28ClNO2/c1-3-5-9-16(10-6-4-2)13-12(17)8-7-11(15)14(13)18/h11-14,17-18H,3-10H2,1-2H3/p+1/t11-,12+,13-,14+/m0/s1. The second kappa shape index (κ2) is 8.36. The number of hydrogen-bond acceptors (Lipinski definition) is 2. The van der Waals surface area contributed by atoms with E-state index in [2.05, 4.69) is 13.8 Å². The zero-order valence-corrected chi connectivity index (χ0v) is 12.5. The minimum Gasteiger partial charge on any atom is -0.387 e. The lowest BCUT2D eigenvalue weighted by molar-refractivity contribution is -0.934. The van der Waals surface area contributed by atoms with Crippen molar-refractivity contribution in [3.05, 3.63) is 0 Å². The predicted molar refractivity (Wildman–Crippen MR) is 75.2 cm³/mol. The van der Waals surface area contributed by atoms with Gasteiger partial charge in [0.05, 0.1) is 18.5 Å². The van der Waals surface area contributed by atoms with Crippen LogP contribution < -0.4 is 4.90 Å². The summed E-state index contributed by atoms with van der Waals surface area (Å²) in [5, 5.41) is 20.3. The molecule has 1 fully saturated rings. The number of alkyl halides is 1. The number of halogens is 1. The Bertz CT molecular complexity index is 220. The zero-order chi connectivity index (χ0) is 13.5. The van der Waals surface area contributed by atoms with E-state index in [-0.39, 0.29) is 11.4 Å². The monoisotopic (exact) mass is 278 g/mol. The molecule has 0 aromatic carbocycles. The van der Waals surface area contributed by atoms with Gasteiger partial charge in [-0.25, -0.2) is 0 Å². The average molecular weight is 279 g/mol. The molecule has 0 bridgehead atoms. The van der Waals surface area contributed by atoms with Gasteiger partial charge in [-0.15, -0.1) is 11.6 Å². The van der Waals surface area contributed by atoms with Gasteiger partial charge in [-0.1, -0.05) is 26.7 Å². The SMILES string of the molecule is CCCC[NH+](CCCC)[C@@H]1[C@H](O)[C@@H](Cl)CC[C@H]1O. The first kappa shape index (κ1) is 16.2. The summed E-state index contributed by atoms with van der Waals surface area (Å²) >= 11 is 6.16. The molecule has 0 radical (unpaired) electrons. The van der Waals surface area contributed by atoms with Crippen molar-refractivity contribution in [3.63, 3.8) is 0 Å². The van der Waals surface area contributed by atoms with E-state index in [0.717, 1.165) is 51.6 Å². The molecule has 1 rings (SSSR count). The Balaban J connectivity index is 2.66. The number of unbranched alkanes of at least 4 members (excludes halogenated alkanes) is 2. The van der Waals surface area contributed by atoms with Gasteiger partial charge in [0.2, 0.25) is 0 Å². The highest BCUT2D eigenvalue weighted by Crippen LogP contribution is 2.22. The molecule has 0 heterocycles. The van der Waals surface area contributed by atoms with Crippen LogP contribution in [0.1, 0.15) is 52.4 Å². The third-order valence-electron chi connectivity index (χ3n) is 4.07.